The standard InChI is InChI=1S/C16H24N2/c1-16(8-3-9-18-16)15-5-2-4-14(12-15)13-6-10-17-11-7-13/h2,4-5,12-13,17-18H,3,6-11H2,1H3. The Morgan fingerprint density at radius 2 is 2.00 bits per heavy atom. The van der Waals surface area contributed by atoms with E-state index in [1.807, 2.05) is 0 Å². The molecule has 18 heavy (non-hydrogen) atoms. The van der Waals surface area contributed by atoms with Crippen molar-refractivity contribution in [1.29, 1.82) is 0 Å². The highest BCUT2D eigenvalue weighted by molar-refractivity contribution is 5.32. The van der Waals surface area contributed by atoms with E-state index in [0.29, 0.717) is 0 Å². The van der Waals surface area contributed by atoms with E-state index < -0.39 is 0 Å². The molecule has 2 aliphatic heterocycles. The van der Waals surface area contributed by atoms with Gasteiger partial charge >= 0.3 is 0 Å². The van der Waals surface area contributed by atoms with Crippen LogP contribution in [0.3, 0.4) is 0 Å². The summed E-state index contributed by atoms with van der Waals surface area (Å²) in [6, 6.07) is 9.31. The summed E-state index contributed by atoms with van der Waals surface area (Å²) in [5.74, 6) is 0.760. The number of benzene rings is 1. The molecule has 2 heterocycles. The van der Waals surface area contributed by atoms with Crippen LogP contribution in [0.1, 0.15) is 49.7 Å². The van der Waals surface area contributed by atoms with E-state index in [1.165, 1.54) is 44.3 Å². The summed E-state index contributed by atoms with van der Waals surface area (Å²) in [7, 11) is 0. The van der Waals surface area contributed by atoms with E-state index in [2.05, 4.69) is 41.8 Å². The van der Waals surface area contributed by atoms with Crippen LogP contribution in [-0.4, -0.2) is 19.6 Å². The Balaban J connectivity index is 1.84. The van der Waals surface area contributed by atoms with Gasteiger partial charge in [-0.3, -0.25) is 0 Å². The van der Waals surface area contributed by atoms with Crippen molar-refractivity contribution < 1.29 is 0 Å². The van der Waals surface area contributed by atoms with Crippen LogP contribution in [0.5, 0.6) is 0 Å². The van der Waals surface area contributed by atoms with Gasteiger partial charge in [-0.05, 0) is 69.3 Å². The van der Waals surface area contributed by atoms with Gasteiger partial charge in [-0.15, -0.1) is 0 Å². The SMILES string of the molecule is CC1(c2cccc(C3CCNCC3)c2)CCCN1. The van der Waals surface area contributed by atoms with Gasteiger partial charge in [0, 0.05) is 5.54 Å². The zero-order valence-corrected chi connectivity index (χ0v) is 11.3. The molecule has 2 nitrogen and oxygen atoms in total. The minimum Gasteiger partial charge on any atom is -0.317 e. The average molecular weight is 244 g/mol. The fraction of sp³-hybridized carbons (Fsp3) is 0.625. The van der Waals surface area contributed by atoms with Crippen molar-refractivity contribution in [1.82, 2.24) is 10.6 Å². The molecule has 0 bridgehead atoms. The Morgan fingerprint density at radius 1 is 1.17 bits per heavy atom. The molecule has 3 rings (SSSR count). The number of hydrogen-bond donors (Lipinski definition) is 2. The van der Waals surface area contributed by atoms with E-state index in [-0.39, 0.29) is 5.54 Å². The van der Waals surface area contributed by atoms with Crippen molar-refractivity contribution >= 4 is 0 Å². The maximum atomic E-state index is 3.67. The summed E-state index contributed by atoms with van der Waals surface area (Å²) in [6.45, 7) is 5.85. The Kier molecular flexibility index (Phi) is 3.40. The maximum Gasteiger partial charge on any atom is 0.0406 e. The van der Waals surface area contributed by atoms with E-state index in [4.69, 9.17) is 0 Å². The van der Waals surface area contributed by atoms with Gasteiger partial charge in [0.1, 0.15) is 0 Å². The summed E-state index contributed by atoms with van der Waals surface area (Å²) < 4.78 is 0. The molecule has 1 atom stereocenters. The topological polar surface area (TPSA) is 24.1 Å². The molecule has 2 fully saturated rings. The molecule has 2 saturated heterocycles. The number of piperidine rings is 1. The van der Waals surface area contributed by atoms with Gasteiger partial charge in [-0.1, -0.05) is 24.3 Å². The predicted octanol–water partition coefficient (Wildman–Crippen LogP) is 2.75. The Hall–Kier alpha value is -0.860. The first-order valence-corrected chi connectivity index (χ1v) is 7.34. The molecular weight excluding hydrogens is 220 g/mol. The van der Waals surface area contributed by atoms with E-state index in [9.17, 15) is 0 Å². The Morgan fingerprint density at radius 3 is 2.72 bits per heavy atom. The average Bonchev–Trinajstić information content (AvgIpc) is 2.88. The molecule has 0 radical (unpaired) electrons. The van der Waals surface area contributed by atoms with Crippen LogP contribution in [0.4, 0.5) is 0 Å². The number of nitrogens with one attached hydrogen (secondary N) is 2. The molecule has 0 aliphatic carbocycles. The number of rotatable bonds is 2. The Labute approximate surface area is 110 Å². The lowest BCUT2D eigenvalue weighted by molar-refractivity contribution is 0.430. The molecule has 0 aromatic heterocycles. The molecular formula is C16H24N2. The van der Waals surface area contributed by atoms with Gasteiger partial charge in [-0.25, -0.2) is 0 Å². The molecule has 1 unspecified atom stereocenters. The van der Waals surface area contributed by atoms with Crippen LogP contribution in [-0.2, 0) is 5.54 Å². The van der Waals surface area contributed by atoms with Gasteiger partial charge in [0.25, 0.3) is 0 Å². The molecule has 0 amide bonds. The van der Waals surface area contributed by atoms with Crippen molar-refractivity contribution in [3.63, 3.8) is 0 Å². The quantitative estimate of drug-likeness (QED) is 0.836. The van der Waals surface area contributed by atoms with Gasteiger partial charge < -0.3 is 10.6 Å². The van der Waals surface area contributed by atoms with Crippen LogP contribution in [0.15, 0.2) is 24.3 Å². The minimum absolute atomic E-state index is 0.211. The fourth-order valence-corrected chi connectivity index (χ4v) is 3.43. The van der Waals surface area contributed by atoms with E-state index in [0.717, 1.165) is 12.5 Å². The lowest BCUT2D eigenvalue weighted by Crippen LogP contribution is -2.33. The summed E-state index contributed by atoms with van der Waals surface area (Å²) in [5, 5.41) is 7.12. The zero-order chi connectivity index (χ0) is 12.4. The monoisotopic (exact) mass is 244 g/mol. The smallest absolute Gasteiger partial charge is 0.0406 e. The van der Waals surface area contributed by atoms with Crippen molar-refractivity contribution in [2.75, 3.05) is 19.6 Å². The molecule has 1 aromatic rings. The zero-order valence-electron chi connectivity index (χ0n) is 11.3. The first-order valence-electron chi connectivity index (χ1n) is 7.34. The lowest BCUT2D eigenvalue weighted by Gasteiger charge is -2.28. The van der Waals surface area contributed by atoms with Crippen LogP contribution >= 0.6 is 0 Å². The van der Waals surface area contributed by atoms with Gasteiger partial charge in [-0.2, -0.15) is 0 Å². The molecule has 0 spiro atoms. The Bertz CT molecular complexity index is 401. The van der Waals surface area contributed by atoms with Crippen molar-refractivity contribution in [2.24, 2.45) is 0 Å². The van der Waals surface area contributed by atoms with Gasteiger partial charge in [0.05, 0.1) is 0 Å². The molecule has 2 heteroatoms. The highest BCUT2D eigenvalue weighted by Crippen LogP contribution is 2.33. The minimum atomic E-state index is 0.211. The first kappa shape index (κ1) is 12.2. The van der Waals surface area contributed by atoms with Crippen LogP contribution in [0.25, 0.3) is 0 Å². The van der Waals surface area contributed by atoms with Crippen LogP contribution < -0.4 is 10.6 Å². The second kappa shape index (κ2) is 5.02. The summed E-state index contributed by atoms with van der Waals surface area (Å²) in [5.41, 5.74) is 3.24. The van der Waals surface area contributed by atoms with Gasteiger partial charge in [0.2, 0.25) is 0 Å². The third-order valence-corrected chi connectivity index (χ3v) is 4.70. The highest BCUT2D eigenvalue weighted by atomic mass is 15.0. The highest BCUT2D eigenvalue weighted by Gasteiger charge is 2.30. The molecule has 2 aliphatic rings. The fourth-order valence-electron chi connectivity index (χ4n) is 3.43. The second-order valence-electron chi connectivity index (χ2n) is 6.01. The normalized spacial score (nSPS) is 29.6. The molecule has 0 saturated carbocycles. The third kappa shape index (κ3) is 2.32. The van der Waals surface area contributed by atoms with E-state index >= 15 is 0 Å². The second-order valence-corrected chi connectivity index (χ2v) is 6.01. The summed E-state index contributed by atoms with van der Waals surface area (Å²) in [6.07, 6.45) is 5.14. The van der Waals surface area contributed by atoms with Crippen molar-refractivity contribution in [3.05, 3.63) is 35.4 Å². The summed E-state index contributed by atoms with van der Waals surface area (Å²) >= 11 is 0. The van der Waals surface area contributed by atoms with Crippen molar-refractivity contribution in [3.8, 4) is 0 Å². The number of hydrogen-bond acceptors (Lipinski definition) is 2. The predicted molar refractivity (Wildman–Crippen MR) is 75.9 cm³/mol. The van der Waals surface area contributed by atoms with Gasteiger partial charge in [0.15, 0.2) is 0 Å². The maximum absolute atomic E-state index is 3.67. The van der Waals surface area contributed by atoms with Crippen molar-refractivity contribution in [2.45, 2.75) is 44.1 Å². The largest absolute Gasteiger partial charge is 0.317 e. The van der Waals surface area contributed by atoms with E-state index in [1.54, 1.807) is 5.56 Å². The molecule has 2 N–H and O–H groups in total. The first-order chi connectivity index (χ1) is 8.78. The lowest BCUT2D eigenvalue weighted by atomic mass is 9.84. The third-order valence-electron chi connectivity index (χ3n) is 4.70. The summed E-state index contributed by atoms with van der Waals surface area (Å²) in [4.78, 5) is 0. The molecule has 98 valence electrons. The van der Waals surface area contributed by atoms with Crippen LogP contribution in [0.2, 0.25) is 0 Å². The molecule has 1 aromatic carbocycles. The van der Waals surface area contributed by atoms with Crippen LogP contribution in [0, 0.1) is 0 Å².